The average molecular weight is 304 g/mol. The number of aliphatic imine (C=N–C) groups is 2. The zero-order chi connectivity index (χ0) is 15.4. The van der Waals surface area contributed by atoms with Crippen LogP contribution in [-0.2, 0) is 18.9 Å². The second kappa shape index (κ2) is 7.11. The summed E-state index contributed by atoms with van der Waals surface area (Å²) in [4.78, 5) is 9.00. The van der Waals surface area contributed by atoms with Crippen molar-refractivity contribution in [3.8, 4) is 0 Å². The first-order valence-corrected chi connectivity index (χ1v) is 6.37. The Morgan fingerprint density at radius 2 is 2.05 bits per heavy atom. The zero-order valence-electron chi connectivity index (χ0n) is 11.8. The molecule has 0 aromatic carbocycles. The first kappa shape index (κ1) is 16.1. The van der Waals surface area contributed by atoms with E-state index >= 15 is 0 Å². The van der Waals surface area contributed by atoms with Crippen LogP contribution in [0.1, 0.15) is 0 Å². The molecule has 2 heterocycles. The van der Waals surface area contributed by atoms with Gasteiger partial charge in [0.2, 0.25) is 5.96 Å². The van der Waals surface area contributed by atoms with Crippen molar-refractivity contribution in [3.05, 3.63) is 0 Å². The molecule has 21 heavy (non-hydrogen) atoms. The lowest BCUT2D eigenvalue weighted by atomic mass is 10.1. The monoisotopic (exact) mass is 304 g/mol. The first-order chi connectivity index (χ1) is 10.1. The highest BCUT2D eigenvalue weighted by molar-refractivity contribution is 5.85. The predicted octanol–water partition coefficient (Wildman–Crippen LogP) is -2.36. The number of rotatable bonds is 5. The van der Waals surface area contributed by atoms with Gasteiger partial charge in [0.15, 0.2) is 6.23 Å². The van der Waals surface area contributed by atoms with E-state index in [0.717, 1.165) is 0 Å². The number of likely N-dealkylation sites (N-methyl/N-ethyl adjacent to an activating group) is 1. The highest BCUT2D eigenvalue weighted by Crippen LogP contribution is 2.34. The summed E-state index contributed by atoms with van der Waals surface area (Å²) in [5, 5.41) is 17.9. The summed E-state index contributed by atoms with van der Waals surface area (Å²) >= 11 is 0. The van der Waals surface area contributed by atoms with Crippen molar-refractivity contribution in [1.82, 2.24) is 4.90 Å². The fraction of sp³-hybridized carbons (Fsp3) is 0.818. The van der Waals surface area contributed by atoms with Gasteiger partial charge in [-0.25, -0.2) is 9.98 Å². The molecule has 2 rings (SSSR count). The third-order valence-electron chi connectivity index (χ3n) is 3.20. The third-order valence-corrected chi connectivity index (χ3v) is 3.20. The Morgan fingerprint density at radius 3 is 2.67 bits per heavy atom. The van der Waals surface area contributed by atoms with Crippen LogP contribution < -0.4 is 5.73 Å². The van der Waals surface area contributed by atoms with Gasteiger partial charge in [-0.05, 0) is 0 Å². The van der Waals surface area contributed by atoms with Crippen molar-refractivity contribution in [2.24, 2.45) is 15.7 Å². The molecule has 0 saturated carbocycles. The minimum Gasteiger partial charge on any atom is -0.394 e. The highest BCUT2D eigenvalue weighted by atomic mass is 16.9. The quantitative estimate of drug-likeness (QED) is 0.380. The first-order valence-electron chi connectivity index (χ1n) is 6.37. The molecule has 4 N–H and O–H groups in total. The van der Waals surface area contributed by atoms with Crippen LogP contribution in [0, 0.1) is 0 Å². The SMILES string of the molecule is COC1OC2C(CO)OC(N(C)/C=N\C(N)=N/CO)C2O1. The van der Waals surface area contributed by atoms with Gasteiger partial charge in [0.1, 0.15) is 25.0 Å². The van der Waals surface area contributed by atoms with E-state index in [-0.39, 0.29) is 12.6 Å². The standard InChI is InChI=1S/C11H20N4O6/c1-15(4-13-10(12)14-5-17)9-8-7(6(3-16)19-9)20-11(18-2)21-8/h4,6-9,11,16-17H,3,5H2,1-2H3,(H2,12,14)/b13-4-. The van der Waals surface area contributed by atoms with Crippen LogP contribution in [-0.4, -0.2) is 85.9 Å². The summed E-state index contributed by atoms with van der Waals surface area (Å²) in [6.45, 7) is -1.42. The molecular formula is C11H20N4O6. The fourth-order valence-electron chi connectivity index (χ4n) is 2.22. The number of guanidine groups is 1. The van der Waals surface area contributed by atoms with Gasteiger partial charge in [-0.2, -0.15) is 0 Å². The molecule has 0 aromatic rings. The van der Waals surface area contributed by atoms with E-state index < -0.39 is 37.7 Å². The molecule has 5 unspecified atom stereocenters. The smallest absolute Gasteiger partial charge is 0.272 e. The molecule has 10 nitrogen and oxygen atoms in total. The minimum absolute atomic E-state index is 0.0593. The normalized spacial score (nSPS) is 36.4. The summed E-state index contributed by atoms with van der Waals surface area (Å²) in [6, 6.07) is 0. The van der Waals surface area contributed by atoms with Crippen LogP contribution in [0.2, 0.25) is 0 Å². The summed E-state index contributed by atoms with van der Waals surface area (Å²) in [5.74, 6) is -0.0593. The maximum atomic E-state index is 9.34. The second-order valence-electron chi connectivity index (χ2n) is 4.54. The van der Waals surface area contributed by atoms with Crippen molar-refractivity contribution in [2.75, 3.05) is 27.5 Å². The summed E-state index contributed by atoms with van der Waals surface area (Å²) in [6.07, 6.45) is -0.485. The van der Waals surface area contributed by atoms with Gasteiger partial charge >= 0.3 is 0 Å². The van der Waals surface area contributed by atoms with E-state index in [0.29, 0.717) is 0 Å². The van der Waals surface area contributed by atoms with Gasteiger partial charge in [-0.3, -0.25) is 0 Å². The van der Waals surface area contributed by atoms with E-state index in [1.165, 1.54) is 13.4 Å². The molecule has 120 valence electrons. The van der Waals surface area contributed by atoms with Crippen molar-refractivity contribution in [3.63, 3.8) is 0 Å². The number of aliphatic hydroxyl groups excluding tert-OH is 2. The molecule has 2 aliphatic rings. The Balaban J connectivity index is 2.03. The van der Waals surface area contributed by atoms with Crippen LogP contribution in [0.4, 0.5) is 0 Å². The van der Waals surface area contributed by atoms with E-state index in [9.17, 15) is 5.11 Å². The van der Waals surface area contributed by atoms with Crippen LogP contribution in [0.15, 0.2) is 9.98 Å². The molecule has 2 saturated heterocycles. The van der Waals surface area contributed by atoms with Gasteiger partial charge in [0.25, 0.3) is 6.48 Å². The largest absolute Gasteiger partial charge is 0.394 e. The topological polar surface area (TPSA) is 131 Å². The van der Waals surface area contributed by atoms with Crippen LogP contribution >= 0.6 is 0 Å². The Bertz CT molecular complexity index is 406. The summed E-state index contributed by atoms with van der Waals surface area (Å²) in [5.41, 5.74) is 5.44. The van der Waals surface area contributed by atoms with E-state index in [1.807, 2.05) is 0 Å². The molecule has 0 aliphatic carbocycles. The summed E-state index contributed by atoms with van der Waals surface area (Å²) < 4.78 is 21.7. The number of aliphatic hydroxyl groups is 2. The van der Waals surface area contributed by atoms with E-state index in [4.69, 9.17) is 29.8 Å². The number of fused-ring (bicyclic) bond motifs is 1. The molecular weight excluding hydrogens is 284 g/mol. The zero-order valence-corrected chi connectivity index (χ0v) is 11.8. The molecule has 0 aromatic heterocycles. The Hall–Kier alpha value is -1.30. The van der Waals surface area contributed by atoms with E-state index in [1.54, 1.807) is 11.9 Å². The van der Waals surface area contributed by atoms with Crippen LogP contribution in [0.5, 0.6) is 0 Å². The highest BCUT2D eigenvalue weighted by Gasteiger charge is 2.53. The molecule has 5 atom stereocenters. The van der Waals surface area contributed by atoms with E-state index in [2.05, 4.69) is 9.98 Å². The minimum atomic E-state index is -0.785. The van der Waals surface area contributed by atoms with Gasteiger partial charge in [0, 0.05) is 14.2 Å². The fourth-order valence-corrected chi connectivity index (χ4v) is 2.22. The van der Waals surface area contributed by atoms with Gasteiger partial charge in [-0.1, -0.05) is 0 Å². The number of methoxy groups -OCH3 is 1. The molecule has 0 radical (unpaired) electrons. The lowest BCUT2D eigenvalue weighted by Gasteiger charge is -2.25. The number of ether oxygens (including phenoxy) is 4. The Labute approximate surface area is 121 Å². The van der Waals surface area contributed by atoms with Crippen molar-refractivity contribution in [1.29, 1.82) is 0 Å². The van der Waals surface area contributed by atoms with Gasteiger partial charge in [-0.15, -0.1) is 0 Å². The molecule has 2 aliphatic heterocycles. The maximum Gasteiger partial charge on any atom is 0.272 e. The Morgan fingerprint density at radius 1 is 1.33 bits per heavy atom. The number of hydrogen-bond acceptors (Lipinski definition) is 7. The second-order valence-corrected chi connectivity index (χ2v) is 4.54. The lowest BCUT2D eigenvalue weighted by molar-refractivity contribution is -0.257. The maximum absolute atomic E-state index is 9.34. The summed E-state index contributed by atoms with van der Waals surface area (Å²) in [7, 11) is 3.17. The number of nitrogens with two attached hydrogens (primary N) is 1. The van der Waals surface area contributed by atoms with Crippen LogP contribution in [0.25, 0.3) is 0 Å². The third kappa shape index (κ3) is 3.48. The van der Waals surface area contributed by atoms with Crippen LogP contribution in [0.3, 0.4) is 0 Å². The molecule has 0 spiro atoms. The lowest BCUT2D eigenvalue weighted by Crippen LogP contribution is -2.41. The molecule has 2 fully saturated rings. The Kier molecular flexibility index (Phi) is 5.45. The van der Waals surface area contributed by atoms with Crippen molar-refractivity contribution in [2.45, 2.75) is 31.0 Å². The van der Waals surface area contributed by atoms with Gasteiger partial charge in [0.05, 0.1) is 12.9 Å². The van der Waals surface area contributed by atoms with Gasteiger partial charge < -0.3 is 39.8 Å². The molecule has 0 amide bonds. The van der Waals surface area contributed by atoms with Crippen molar-refractivity contribution < 1.29 is 29.2 Å². The molecule has 0 bridgehead atoms. The number of nitrogens with zero attached hydrogens (tertiary/aromatic N) is 3. The average Bonchev–Trinajstić information content (AvgIpc) is 3.03. The van der Waals surface area contributed by atoms with Crippen molar-refractivity contribution >= 4 is 12.3 Å². The molecule has 10 heteroatoms. The number of hydrogen-bond donors (Lipinski definition) is 3. The predicted molar refractivity (Wildman–Crippen MR) is 71.3 cm³/mol.